The van der Waals surface area contributed by atoms with E-state index in [9.17, 15) is 17.6 Å². The lowest BCUT2D eigenvalue weighted by Gasteiger charge is -2.18. The standard InChI is InChI=1S/C18H19FN2O4S/c1-11(12-4-3-5-15(9-12)26(23,24)20-2)21-18(22)17-10-13-8-14(19)6-7-16(13)25-17/h3-9,11,17,20H,10H2,1-2H3,(H,21,22). The Morgan fingerprint density at radius 3 is 2.77 bits per heavy atom. The van der Waals surface area contributed by atoms with Crippen LogP contribution in [0, 0.1) is 5.82 Å². The fourth-order valence-electron chi connectivity index (χ4n) is 2.82. The molecule has 0 bridgehead atoms. The van der Waals surface area contributed by atoms with Crippen molar-refractivity contribution in [3.05, 3.63) is 59.4 Å². The monoisotopic (exact) mass is 378 g/mol. The number of hydrogen-bond donors (Lipinski definition) is 2. The van der Waals surface area contributed by atoms with Gasteiger partial charge in [-0.2, -0.15) is 0 Å². The van der Waals surface area contributed by atoms with Gasteiger partial charge in [0.2, 0.25) is 10.0 Å². The number of hydrogen-bond acceptors (Lipinski definition) is 4. The summed E-state index contributed by atoms with van der Waals surface area (Å²) in [5, 5.41) is 2.81. The number of carbonyl (C=O) groups is 1. The Balaban J connectivity index is 1.70. The Bertz CT molecular complexity index is 946. The highest BCUT2D eigenvalue weighted by Gasteiger charge is 2.30. The van der Waals surface area contributed by atoms with E-state index >= 15 is 0 Å². The predicted molar refractivity (Wildman–Crippen MR) is 93.8 cm³/mol. The smallest absolute Gasteiger partial charge is 0.261 e. The first kappa shape index (κ1) is 18.3. The van der Waals surface area contributed by atoms with Gasteiger partial charge in [-0.05, 0) is 49.9 Å². The minimum atomic E-state index is -3.56. The van der Waals surface area contributed by atoms with Crippen molar-refractivity contribution in [1.82, 2.24) is 10.0 Å². The van der Waals surface area contributed by atoms with E-state index in [-0.39, 0.29) is 16.6 Å². The molecule has 6 nitrogen and oxygen atoms in total. The third-order valence-corrected chi connectivity index (χ3v) is 5.70. The Kier molecular flexibility index (Phi) is 4.97. The molecule has 0 saturated carbocycles. The van der Waals surface area contributed by atoms with Gasteiger partial charge in [0.15, 0.2) is 6.10 Å². The summed E-state index contributed by atoms with van der Waals surface area (Å²) in [7, 11) is -2.22. The van der Waals surface area contributed by atoms with E-state index in [0.29, 0.717) is 23.3 Å². The molecular weight excluding hydrogens is 359 g/mol. The Morgan fingerprint density at radius 1 is 1.27 bits per heavy atom. The lowest BCUT2D eigenvalue weighted by atomic mass is 10.1. The van der Waals surface area contributed by atoms with Crippen LogP contribution in [0.3, 0.4) is 0 Å². The minimum Gasteiger partial charge on any atom is -0.480 e. The van der Waals surface area contributed by atoms with Crippen molar-refractivity contribution >= 4 is 15.9 Å². The highest BCUT2D eigenvalue weighted by atomic mass is 32.2. The molecule has 0 spiro atoms. The van der Waals surface area contributed by atoms with Crippen molar-refractivity contribution in [3.8, 4) is 5.75 Å². The van der Waals surface area contributed by atoms with Crippen LogP contribution in [0.25, 0.3) is 0 Å². The lowest BCUT2D eigenvalue weighted by Crippen LogP contribution is -2.38. The van der Waals surface area contributed by atoms with Crippen molar-refractivity contribution in [1.29, 1.82) is 0 Å². The van der Waals surface area contributed by atoms with Gasteiger partial charge in [-0.3, -0.25) is 4.79 Å². The van der Waals surface area contributed by atoms with Crippen molar-refractivity contribution in [3.63, 3.8) is 0 Å². The summed E-state index contributed by atoms with van der Waals surface area (Å²) in [6.07, 6.45) is -0.446. The summed E-state index contributed by atoms with van der Waals surface area (Å²) >= 11 is 0. The summed E-state index contributed by atoms with van der Waals surface area (Å²) in [6.45, 7) is 1.75. The molecule has 1 amide bonds. The van der Waals surface area contributed by atoms with E-state index in [4.69, 9.17) is 4.74 Å². The van der Waals surface area contributed by atoms with Crippen LogP contribution < -0.4 is 14.8 Å². The van der Waals surface area contributed by atoms with Crippen molar-refractivity contribution in [2.24, 2.45) is 0 Å². The van der Waals surface area contributed by atoms with Gasteiger partial charge >= 0.3 is 0 Å². The highest BCUT2D eigenvalue weighted by molar-refractivity contribution is 7.89. The number of amides is 1. The van der Waals surface area contributed by atoms with E-state index in [0.717, 1.165) is 0 Å². The highest BCUT2D eigenvalue weighted by Crippen LogP contribution is 2.29. The number of halogens is 1. The van der Waals surface area contributed by atoms with Gasteiger partial charge in [-0.1, -0.05) is 12.1 Å². The molecular formula is C18H19FN2O4S. The van der Waals surface area contributed by atoms with Crippen LogP contribution in [0.15, 0.2) is 47.4 Å². The van der Waals surface area contributed by atoms with Gasteiger partial charge in [-0.25, -0.2) is 17.5 Å². The van der Waals surface area contributed by atoms with Crippen LogP contribution in [0.4, 0.5) is 4.39 Å². The van der Waals surface area contributed by atoms with Gasteiger partial charge < -0.3 is 10.1 Å². The van der Waals surface area contributed by atoms with Crippen molar-refractivity contribution < 1.29 is 22.3 Å². The maximum atomic E-state index is 13.3. The zero-order valence-electron chi connectivity index (χ0n) is 14.3. The number of benzene rings is 2. The van der Waals surface area contributed by atoms with E-state index in [1.54, 1.807) is 19.1 Å². The SMILES string of the molecule is CNS(=O)(=O)c1cccc(C(C)NC(=O)C2Cc3cc(F)ccc3O2)c1. The zero-order chi connectivity index (χ0) is 18.9. The topological polar surface area (TPSA) is 84.5 Å². The quantitative estimate of drug-likeness (QED) is 0.833. The van der Waals surface area contributed by atoms with Crippen LogP contribution in [0.1, 0.15) is 24.1 Å². The third-order valence-electron chi connectivity index (χ3n) is 4.29. The largest absolute Gasteiger partial charge is 0.480 e. The van der Waals surface area contributed by atoms with E-state index < -0.39 is 22.2 Å². The Hall–Kier alpha value is -2.45. The molecule has 2 aromatic carbocycles. The molecule has 2 N–H and O–H groups in total. The fourth-order valence-corrected chi connectivity index (χ4v) is 3.61. The van der Waals surface area contributed by atoms with Crippen LogP contribution >= 0.6 is 0 Å². The molecule has 0 aromatic heterocycles. The molecule has 3 rings (SSSR count). The van der Waals surface area contributed by atoms with Gasteiger partial charge in [0.25, 0.3) is 5.91 Å². The summed E-state index contributed by atoms with van der Waals surface area (Å²) in [5.74, 6) is -0.207. The van der Waals surface area contributed by atoms with Gasteiger partial charge in [0.1, 0.15) is 11.6 Å². The predicted octanol–water partition coefficient (Wildman–Crippen LogP) is 1.91. The number of sulfonamides is 1. The normalized spacial score (nSPS) is 17.3. The Labute approximate surface area is 151 Å². The second kappa shape index (κ2) is 7.05. The number of carbonyl (C=O) groups excluding carboxylic acids is 1. The average Bonchev–Trinajstić information content (AvgIpc) is 3.05. The average molecular weight is 378 g/mol. The van der Waals surface area contributed by atoms with Crippen molar-refractivity contribution in [2.45, 2.75) is 30.4 Å². The third kappa shape index (κ3) is 3.71. The number of ether oxygens (including phenoxy) is 1. The second-order valence-electron chi connectivity index (χ2n) is 6.07. The van der Waals surface area contributed by atoms with Crippen LogP contribution in [-0.2, 0) is 21.2 Å². The van der Waals surface area contributed by atoms with Gasteiger partial charge in [0.05, 0.1) is 10.9 Å². The molecule has 0 aliphatic carbocycles. The molecule has 0 saturated heterocycles. The summed E-state index contributed by atoms with van der Waals surface area (Å²) in [6, 6.07) is 10.1. The molecule has 0 fully saturated rings. The van der Waals surface area contributed by atoms with E-state index in [2.05, 4.69) is 10.0 Å². The first-order chi connectivity index (χ1) is 12.3. The molecule has 2 unspecified atom stereocenters. The summed E-state index contributed by atoms with van der Waals surface area (Å²) in [4.78, 5) is 12.6. The number of fused-ring (bicyclic) bond motifs is 1. The van der Waals surface area contributed by atoms with Crippen LogP contribution in [0.2, 0.25) is 0 Å². The van der Waals surface area contributed by atoms with Crippen LogP contribution in [0.5, 0.6) is 5.75 Å². The van der Waals surface area contributed by atoms with E-state index in [1.165, 1.54) is 37.4 Å². The molecule has 1 aliphatic rings. The molecule has 8 heteroatoms. The Morgan fingerprint density at radius 2 is 2.04 bits per heavy atom. The van der Waals surface area contributed by atoms with Gasteiger partial charge in [0, 0.05) is 12.0 Å². The number of rotatable bonds is 5. The maximum absolute atomic E-state index is 13.3. The number of nitrogens with one attached hydrogen (secondary N) is 2. The molecule has 2 aromatic rings. The lowest BCUT2D eigenvalue weighted by molar-refractivity contribution is -0.127. The van der Waals surface area contributed by atoms with Crippen LogP contribution in [-0.4, -0.2) is 27.5 Å². The maximum Gasteiger partial charge on any atom is 0.261 e. The first-order valence-electron chi connectivity index (χ1n) is 8.09. The molecule has 2 atom stereocenters. The zero-order valence-corrected chi connectivity index (χ0v) is 15.1. The molecule has 138 valence electrons. The molecule has 26 heavy (non-hydrogen) atoms. The summed E-state index contributed by atoms with van der Waals surface area (Å²) < 4.78 is 44.9. The summed E-state index contributed by atoms with van der Waals surface area (Å²) in [5.41, 5.74) is 1.30. The van der Waals surface area contributed by atoms with Crippen molar-refractivity contribution in [2.75, 3.05) is 7.05 Å². The van der Waals surface area contributed by atoms with E-state index in [1.807, 2.05) is 0 Å². The first-order valence-corrected chi connectivity index (χ1v) is 9.57. The minimum absolute atomic E-state index is 0.124. The fraction of sp³-hybridized carbons (Fsp3) is 0.278. The second-order valence-corrected chi connectivity index (χ2v) is 7.96. The molecule has 1 aliphatic heterocycles. The molecule has 1 heterocycles. The van der Waals surface area contributed by atoms with Gasteiger partial charge in [-0.15, -0.1) is 0 Å². The molecule has 0 radical (unpaired) electrons.